The lowest BCUT2D eigenvalue weighted by atomic mass is 9.86. The molecular formula is C14H13N3O4. The van der Waals surface area contributed by atoms with E-state index in [9.17, 15) is 14.4 Å². The Kier molecular flexibility index (Phi) is 2.79. The molecule has 0 aliphatic carbocycles. The van der Waals surface area contributed by atoms with Gasteiger partial charge < -0.3 is 4.74 Å². The number of rotatable bonds is 2. The van der Waals surface area contributed by atoms with Gasteiger partial charge in [-0.05, 0) is 19.1 Å². The van der Waals surface area contributed by atoms with Crippen LogP contribution in [0.2, 0.25) is 0 Å². The average molecular weight is 287 g/mol. The van der Waals surface area contributed by atoms with E-state index in [2.05, 4.69) is 15.3 Å². The van der Waals surface area contributed by atoms with Crippen LogP contribution in [-0.4, -0.2) is 36.1 Å². The molecule has 7 nitrogen and oxygen atoms in total. The average Bonchev–Trinajstić information content (AvgIpc) is 2.94. The summed E-state index contributed by atoms with van der Waals surface area (Å²) in [6.07, 6.45) is 0. The van der Waals surface area contributed by atoms with Crippen molar-refractivity contribution in [2.45, 2.75) is 12.5 Å². The molecule has 2 aliphatic heterocycles. The summed E-state index contributed by atoms with van der Waals surface area (Å²) in [5.41, 5.74) is 1.76. The fourth-order valence-electron chi connectivity index (χ4n) is 2.67. The first kappa shape index (κ1) is 13.3. The van der Waals surface area contributed by atoms with Gasteiger partial charge in [-0.2, -0.15) is 5.10 Å². The number of nitrogens with one attached hydrogen (secondary N) is 1. The van der Waals surface area contributed by atoms with Crippen molar-refractivity contribution in [1.29, 1.82) is 0 Å². The number of carbonyl (C=O) groups is 3. The number of anilines is 1. The molecule has 1 saturated heterocycles. The molecule has 0 aromatic heterocycles. The second-order valence-electron chi connectivity index (χ2n) is 5.05. The maximum Gasteiger partial charge on any atom is 0.355 e. The molecule has 1 aromatic rings. The third kappa shape index (κ3) is 1.67. The van der Waals surface area contributed by atoms with E-state index in [1.54, 1.807) is 37.3 Å². The van der Waals surface area contributed by atoms with Gasteiger partial charge >= 0.3 is 5.97 Å². The van der Waals surface area contributed by atoms with Crippen LogP contribution >= 0.6 is 0 Å². The molecule has 0 unspecified atom stereocenters. The minimum absolute atomic E-state index is 0.0724. The van der Waals surface area contributed by atoms with Crippen LogP contribution in [-0.2, 0) is 19.1 Å². The predicted octanol–water partition coefficient (Wildman–Crippen LogP) is 0.0669. The van der Waals surface area contributed by atoms with Gasteiger partial charge in [0.05, 0.1) is 12.8 Å². The van der Waals surface area contributed by atoms with E-state index < -0.39 is 29.2 Å². The molecule has 2 aliphatic rings. The topological polar surface area (TPSA) is 88.1 Å². The molecule has 7 heteroatoms. The monoisotopic (exact) mass is 287 g/mol. The summed E-state index contributed by atoms with van der Waals surface area (Å²) in [5.74, 6) is -2.61. The van der Waals surface area contributed by atoms with E-state index in [4.69, 9.17) is 0 Å². The van der Waals surface area contributed by atoms with Gasteiger partial charge in [-0.1, -0.05) is 18.2 Å². The number of fused-ring (bicyclic) bond motifs is 1. The highest BCUT2D eigenvalue weighted by atomic mass is 16.5. The summed E-state index contributed by atoms with van der Waals surface area (Å²) in [6.45, 7) is 1.56. The fraction of sp³-hybridized carbons (Fsp3) is 0.286. The number of ether oxygens (including phenoxy) is 1. The van der Waals surface area contributed by atoms with Gasteiger partial charge in [-0.15, -0.1) is 0 Å². The van der Waals surface area contributed by atoms with Crippen molar-refractivity contribution in [2.75, 3.05) is 12.0 Å². The zero-order chi connectivity index (χ0) is 15.2. The van der Waals surface area contributed by atoms with Crippen LogP contribution in [0.4, 0.5) is 5.69 Å². The van der Waals surface area contributed by atoms with Gasteiger partial charge in [-0.3, -0.25) is 15.0 Å². The first-order valence-corrected chi connectivity index (χ1v) is 6.37. The van der Waals surface area contributed by atoms with Crippen molar-refractivity contribution in [3.8, 4) is 0 Å². The predicted molar refractivity (Wildman–Crippen MR) is 73.4 cm³/mol. The van der Waals surface area contributed by atoms with Gasteiger partial charge in [0.1, 0.15) is 11.5 Å². The van der Waals surface area contributed by atoms with E-state index in [-0.39, 0.29) is 5.71 Å². The first-order valence-electron chi connectivity index (χ1n) is 6.37. The molecule has 2 heterocycles. The maximum absolute atomic E-state index is 12.6. The van der Waals surface area contributed by atoms with Gasteiger partial charge in [0, 0.05) is 0 Å². The third-order valence-electron chi connectivity index (χ3n) is 3.78. The van der Waals surface area contributed by atoms with Crippen molar-refractivity contribution in [3.05, 3.63) is 30.3 Å². The zero-order valence-corrected chi connectivity index (χ0v) is 11.5. The van der Waals surface area contributed by atoms with Gasteiger partial charge in [0.15, 0.2) is 5.71 Å². The van der Waals surface area contributed by atoms with Crippen LogP contribution in [0.3, 0.4) is 0 Å². The van der Waals surface area contributed by atoms with Crippen LogP contribution in [0.25, 0.3) is 0 Å². The highest BCUT2D eigenvalue weighted by molar-refractivity contribution is 6.47. The molecule has 1 N–H and O–H groups in total. The lowest BCUT2D eigenvalue weighted by molar-refractivity contribution is -0.133. The Bertz CT molecular complexity index is 670. The van der Waals surface area contributed by atoms with E-state index in [1.807, 2.05) is 0 Å². The van der Waals surface area contributed by atoms with Crippen molar-refractivity contribution < 1.29 is 19.1 Å². The van der Waals surface area contributed by atoms with Crippen LogP contribution < -0.4 is 10.3 Å². The number of nitrogens with zero attached hydrogens (tertiary/aromatic N) is 2. The third-order valence-corrected chi connectivity index (χ3v) is 3.78. The molecule has 1 fully saturated rings. The van der Waals surface area contributed by atoms with Crippen molar-refractivity contribution >= 4 is 29.2 Å². The second-order valence-corrected chi connectivity index (χ2v) is 5.05. The van der Waals surface area contributed by atoms with E-state index in [0.29, 0.717) is 5.69 Å². The van der Waals surface area contributed by atoms with Gasteiger partial charge in [0.2, 0.25) is 5.91 Å². The lowest BCUT2D eigenvalue weighted by Crippen LogP contribution is -2.48. The molecule has 1 aromatic carbocycles. The number of benzene rings is 1. The number of carbonyl (C=O) groups excluding carboxylic acids is 3. The molecular weight excluding hydrogens is 274 g/mol. The summed E-state index contributed by atoms with van der Waals surface area (Å²) in [4.78, 5) is 38.0. The van der Waals surface area contributed by atoms with Gasteiger partial charge in [-0.25, -0.2) is 9.69 Å². The minimum atomic E-state index is -1.25. The number of methoxy groups -OCH3 is 1. The molecule has 3 rings (SSSR count). The summed E-state index contributed by atoms with van der Waals surface area (Å²) < 4.78 is 4.62. The number of para-hydroxylation sites is 1. The Hall–Kier alpha value is -2.70. The molecule has 2 amide bonds. The number of esters is 1. The van der Waals surface area contributed by atoms with E-state index in [0.717, 1.165) is 4.90 Å². The number of imide groups is 1. The highest BCUT2D eigenvalue weighted by Gasteiger charge is 2.63. The number of hydrogen-bond acceptors (Lipinski definition) is 6. The summed E-state index contributed by atoms with van der Waals surface area (Å²) in [7, 11) is 1.21. The Labute approximate surface area is 120 Å². The second kappa shape index (κ2) is 4.41. The summed E-state index contributed by atoms with van der Waals surface area (Å²) in [5, 5.41) is 3.82. The van der Waals surface area contributed by atoms with E-state index in [1.165, 1.54) is 7.11 Å². The maximum atomic E-state index is 12.6. The van der Waals surface area contributed by atoms with Crippen LogP contribution in [0.5, 0.6) is 0 Å². The Morgan fingerprint density at radius 2 is 2.00 bits per heavy atom. The fourth-order valence-corrected chi connectivity index (χ4v) is 2.67. The van der Waals surface area contributed by atoms with Crippen LogP contribution in [0.1, 0.15) is 6.92 Å². The van der Waals surface area contributed by atoms with Crippen molar-refractivity contribution in [2.24, 2.45) is 11.0 Å². The zero-order valence-electron chi connectivity index (χ0n) is 11.5. The van der Waals surface area contributed by atoms with Crippen molar-refractivity contribution in [3.63, 3.8) is 0 Å². The lowest BCUT2D eigenvalue weighted by Gasteiger charge is -2.20. The Morgan fingerprint density at radius 3 is 2.62 bits per heavy atom. The minimum Gasteiger partial charge on any atom is -0.464 e. The smallest absolute Gasteiger partial charge is 0.355 e. The Balaban J connectivity index is 2.04. The standard InChI is InChI=1S/C14H13N3O4/c1-14-9(10(15-16-14)12(19)21-2)11(18)17(13(14)20)8-6-4-3-5-7-8/h3-7,9,16H,1-2H3/t9-,14+/m1/s1. The SMILES string of the molecule is COC(=O)C1=NN[C@]2(C)C(=O)N(c3ccccc3)C(=O)[C@@H]12. The van der Waals surface area contributed by atoms with Crippen LogP contribution in [0.15, 0.2) is 35.4 Å². The number of hydrazone groups is 1. The number of hydrogen-bond donors (Lipinski definition) is 1. The molecule has 108 valence electrons. The molecule has 0 saturated carbocycles. The molecule has 0 spiro atoms. The molecule has 0 radical (unpaired) electrons. The number of amides is 2. The summed E-state index contributed by atoms with van der Waals surface area (Å²) in [6, 6.07) is 8.57. The molecule has 21 heavy (non-hydrogen) atoms. The normalized spacial score (nSPS) is 27.2. The quantitative estimate of drug-likeness (QED) is 0.614. The molecule has 2 atom stereocenters. The molecule has 0 bridgehead atoms. The largest absolute Gasteiger partial charge is 0.464 e. The first-order chi connectivity index (χ1) is 10.0. The highest BCUT2D eigenvalue weighted by Crippen LogP contribution is 2.37. The Morgan fingerprint density at radius 1 is 1.33 bits per heavy atom. The van der Waals surface area contributed by atoms with Crippen molar-refractivity contribution in [1.82, 2.24) is 5.43 Å². The summed E-state index contributed by atoms with van der Waals surface area (Å²) >= 11 is 0. The van der Waals surface area contributed by atoms with Crippen LogP contribution in [0, 0.1) is 5.92 Å². The van der Waals surface area contributed by atoms with E-state index >= 15 is 0 Å². The van der Waals surface area contributed by atoms with Gasteiger partial charge in [0.25, 0.3) is 5.91 Å².